The molecule has 86 valence electrons. The molecule has 2 aliphatic carbocycles. The monoisotopic (exact) mass is 208 g/mol. The zero-order valence-electron chi connectivity index (χ0n) is 9.80. The molecule has 0 aromatic heterocycles. The fourth-order valence-electron chi connectivity index (χ4n) is 4.08. The van der Waals surface area contributed by atoms with Gasteiger partial charge in [-0.15, -0.1) is 0 Å². The first kappa shape index (κ1) is 10.1. The first-order valence-electron chi connectivity index (χ1n) is 6.86. The number of piperazine rings is 1. The second kappa shape index (κ2) is 4.06. The van der Waals surface area contributed by atoms with Gasteiger partial charge in [-0.1, -0.05) is 19.3 Å². The molecule has 0 radical (unpaired) electrons. The maximum Gasteiger partial charge on any atom is 0.0153 e. The lowest BCUT2D eigenvalue weighted by atomic mass is 9.57. The second-order valence-corrected chi connectivity index (χ2v) is 5.76. The average Bonchev–Trinajstić information content (AvgIpc) is 2.30. The summed E-state index contributed by atoms with van der Waals surface area (Å²) in [6.07, 6.45) is 10.6. The highest BCUT2D eigenvalue weighted by Gasteiger charge is 2.49. The molecule has 1 heterocycles. The van der Waals surface area contributed by atoms with Crippen LogP contribution in [0.5, 0.6) is 0 Å². The topological polar surface area (TPSA) is 15.3 Å². The first-order chi connectivity index (χ1) is 7.41. The van der Waals surface area contributed by atoms with Crippen molar-refractivity contribution in [3.8, 4) is 0 Å². The van der Waals surface area contributed by atoms with Gasteiger partial charge in [0.15, 0.2) is 0 Å². The van der Waals surface area contributed by atoms with E-state index >= 15 is 0 Å². The Labute approximate surface area is 93.4 Å². The Hall–Kier alpha value is -0.0800. The minimum absolute atomic E-state index is 0.773. The Morgan fingerprint density at radius 2 is 1.67 bits per heavy atom. The molecule has 3 aliphatic rings. The predicted molar refractivity (Wildman–Crippen MR) is 63.0 cm³/mol. The number of nitrogens with zero attached hydrogens (tertiary/aromatic N) is 1. The van der Waals surface area contributed by atoms with Crippen LogP contribution in [0.25, 0.3) is 0 Å². The minimum atomic E-state index is 0.773. The fraction of sp³-hybridized carbons (Fsp3) is 1.00. The summed E-state index contributed by atoms with van der Waals surface area (Å²) in [5.41, 5.74) is 0.773. The Morgan fingerprint density at radius 1 is 0.933 bits per heavy atom. The van der Waals surface area contributed by atoms with Gasteiger partial charge < -0.3 is 5.32 Å². The largest absolute Gasteiger partial charge is 0.314 e. The highest BCUT2D eigenvalue weighted by atomic mass is 15.2. The van der Waals surface area contributed by atoms with Gasteiger partial charge in [-0.2, -0.15) is 0 Å². The average molecular weight is 208 g/mol. The van der Waals surface area contributed by atoms with E-state index in [-0.39, 0.29) is 0 Å². The third-order valence-electron chi connectivity index (χ3n) is 5.06. The minimum Gasteiger partial charge on any atom is -0.314 e. The smallest absolute Gasteiger partial charge is 0.0153 e. The van der Waals surface area contributed by atoms with Crippen LogP contribution in [-0.2, 0) is 0 Å². The van der Waals surface area contributed by atoms with Crippen LogP contribution in [-0.4, -0.2) is 37.1 Å². The third-order valence-corrected chi connectivity index (χ3v) is 5.06. The van der Waals surface area contributed by atoms with Crippen LogP contribution in [0, 0.1) is 5.41 Å². The molecule has 2 saturated carbocycles. The van der Waals surface area contributed by atoms with Crippen molar-refractivity contribution in [3.63, 3.8) is 0 Å². The van der Waals surface area contributed by atoms with Crippen LogP contribution in [0.3, 0.4) is 0 Å². The van der Waals surface area contributed by atoms with E-state index < -0.39 is 0 Å². The Morgan fingerprint density at radius 3 is 2.27 bits per heavy atom. The molecule has 0 aromatic rings. The molecule has 0 amide bonds. The van der Waals surface area contributed by atoms with Gasteiger partial charge in [0.25, 0.3) is 0 Å². The first-order valence-corrected chi connectivity index (χ1v) is 6.86. The lowest BCUT2D eigenvalue weighted by molar-refractivity contribution is -0.0566. The van der Waals surface area contributed by atoms with E-state index in [4.69, 9.17) is 0 Å². The fourth-order valence-corrected chi connectivity index (χ4v) is 4.08. The number of hydrogen-bond acceptors (Lipinski definition) is 2. The van der Waals surface area contributed by atoms with Crippen molar-refractivity contribution < 1.29 is 0 Å². The van der Waals surface area contributed by atoms with E-state index in [9.17, 15) is 0 Å². The summed E-state index contributed by atoms with van der Waals surface area (Å²) in [6, 6.07) is 0.958. The molecule has 1 aliphatic heterocycles. The van der Waals surface area contributed by atoms with E-state index in [0.29, 0.717) is 0 Å². The lowest BCUT2D eigenvalue weighted by Crippen LogP contribution is -2.60. The van der Waals surface area contributed by atoms with Gasteiger partial charge in [0, 0.05) is 32.2 Å². The molecule has 1 atom stereocenters. The van der Waals surface area contributed by atoms with Crippen LogP contribution in [0.4, 0.5) is 0 Å². The Bertz CT molecular complexity index is 215. The zero-order chi connectivity index (χ0) is 10.1. The van der Waals surface area contributed by atoms with Crippen LogP contribution >= 0.6 is 0 Å². The van der Waals surface area contributed by atoms with Gasteiger partial charge in [0.2, 0.25) is 0 Å². The summed E-state index contributed by atoms with van der Waals surface area (Å²) in [7, 11) is 0. The van der Waals surface area contributed by atoms with Gasteiger partial charge in [-0.3, -0.25) is 4.90 Å². The Balaban J connectivity index is 1.65. The van der Waals surface area contributed by atoms with E-state index in [1.165, 1.54) is 71.1 Å². The van der Waals surface area contributed by atoms with Gasteiger partial charge in [-0.05, 0) is 31.1 Å². The number of nitrogens with one attached hydrogen (secondary N) is 1. The van der Waals surface area contributed by atoms with Gasteiger partial charge >= 0.3 is 0 Å². The van der Waals surface area contributed by atoms with Gasteiger partial charge in [-0.25, -0.2) is 0 Å². The van der Waals surface area contributed by atoms with E-state index in [1.807, 2.05) is 0 Å². The predicted octanol–water partition coefficient (Wildman–Crippen LogP) is 2.00. The zero-order valence-corrected chi connectivity index (χ0v) is 9.80. The molecule has 0 aromatic carbocycles. The van der Waals surface area contributed by atoms with Crippen molar-refractivity contribution in [1.29, 1.82) is 0 Å². The van der Waals surface area contributed by atoms with Crippen LogP contribution in [0.1, 0.15) is 44.9 Å². The van der Waals surface area contributed by atoms with Crippen molar-refractivity contribution in [2.45, 2.75) is 51.0 Å². The SMILES string of the molecule is C1CCC2(CC1)CCC2N1CCNCC1. The van der Waals surface area contributed by atoms with Crippen molar-refractivity contribution in [2.75, 3.05) is 26.2 Å². The summed E-state index contributed by atoms with van der Waals surface area (Å²) < 4.78 is 0. The number of rotatable bonds is 1. The molecule has 1 unspecified atom stereocenters. The van der Waals surface area contributed by atoms with E-state index in [1.54, 1.807) is 0 Å². The van der Waals surface area contributed by atoms with Crippen LogP contribution < -0.4 is 5.32 Å². The molecular formula is C13H24N2. The van der Waals surface area contributed by atoms with Crippen molar-refractivity contribution >= 4 is 0 Å². The van der Waals surface area contributed by atoms with Gasteiger partial charge in [0.05, 0.1) is 0 Å². The van der Waals surface area contributed by atoms with Gasteiger partial charge in [0.1, 0.15) is 0 Å². The van der Waals surface area contributed by atoms with Crippen LogP contribution in [0.2, 0.25) is 0 Å². The number of hydrogen-bond donors (Lipinski definition) is 1. The van der Waals surface area contributed by atoms with E-state index in [2.05, 4.69) is 10.2 Å². The third kappa shape index (κ3) is 1.72. The molecule has 3 fully saturated rings. The highest BCUT2D eigenvalue weighted by molar-refractivity contribution is 5.03. The molecule has 1 saturated heterocycles. The summed E-state index contributed by atoms with van der Waals surface area (Å²) in [5.74, 6) is 0. The molecule has 15 heavy (non-hydrogen) atoms. The molecule has 1 N–H and O–H groups in total. The molecule has 2 heteroatoms. The summed E-state index contributed by atoms with van der Waals surface area (Å²) in [4.78, 5) is 2.78. The molecular weight excluding hydrogens is 184 g/mol. The van der Waals surface area contributed by atoms with Crippen molar-refractivity contribution in [2.24, 2.45) is 5.41 Å². The Kier molecular flexibility index (Phi) is 2.73. The van der Waals surface area contributed by atoms with E-state index in [0.717, 1.165) is 11.5 Å². The highest BCUT2D eigenvalue weighted by Crippen LogP contribution is 2.53. The lowest BCUT2D eigenvalue weighted by Gasteiger charge is -2.57. The summed E-state index contributed by atoms with van der Waals surface area (Å²) in [5, 5.41) is 3.47. The molecule has 3 rings (SSSR count). The standard InChI is InChI=1S/C13H24N2/c1-2-5-13(6-3-1)7-4-12(13)15-10-8-14-9-11-15/h12,14H,1-11H2. The molecule has 2 nitrogen and oxygen atoms in total. The maximum atomic E-state index is 3.47. The maximum absolute atomic E-state index is 3.47. The normalized spacial score (nSPS) is 36.4. The summed E-state index contributed by atoms with van der Waals surface area (Å²) >= 11 is 0. The molecule has 1 spiro atoms. The summed E-state index contributed by atoms with van der Waals surface area (Å²) in [6.45, 7) is 5.03. The molecule has 0 bridgehead atoms. The quantitative estimate of drug-likeness (QED) is 0.709. The van der Waals surface area contributed by atoms with Crippen molar-refractivity contribution in [3.05, 3.63) is 0 Å². The van der Waals surface area contributed by atoms with Crippen molar-refractivity contribution in [1.82, 2.24) is 10.2 Å². The van der Waals surface area contributed by atoms with Crippen LogP contribution in [0.15, 0.2) is 0 Å². The second-order valence-electron chi connectivity index (χ2n) is 5.76.